The molecule has 16 heavy (non-hydrogen) atoms. The SMILES string of the molecule is O=C(O)Cc1ccc(Br)c(C(=O)CCBr)c1. The van der Waals surface area contributed by atoms with Crippen LogP contribution in [0.3, 0.4) is 0 Å². The van der Waals surface area contributed by atoms with Gasteiger partial charge in [0.05, 0.1) is 6.42 Å². The summed E-state index contributed by atoms with van der Waals surface area (Å²) < 4.78 is 0.701. The quantitative estimate of drug-likeness (QED) is 0.656. The van der Waals surface area contributed by atoms with Crippen molar-refractivity contribution in [1.29, 1.82) is 0 Å². The van der Waals surface area contributed by atoms with Crippen LogP contribution in [0.15, 0.2) is 22.7 Å². The third-order valence-electron chi connectivity index (χ3n) is 2.01. The first-order valence-corrected chi connectivity index (χ1v) is 6.55. The summed E-state index contributed by atoms with van der Waals surface area (Å²) in [5.74, 6) is -0.905. The van der Waals surface area contributed by atoms with Gasteiger partial charge in [-0.1, -0.05) is 37.9 Å². The van der Waals surface area contributed by atoms with Crippen molar-refractivity contribution in [3.8, 4) is 0 Å². The highest BCUT2D eigenvalue weighted by atomic mass is 79.9. The molecule has 86 valence electrons. The highest BCUT2D eigenvalue weighted by molar-refractivity contribution is 9.10. The monoisotopic (exact) mass is 348 g/mol. The summed E-state index contributed by atoms with van der Waals surface area (Å²) in [4.78, 5) is 22.3. The van der Waals surface area contributed by atoms with Crippen molar-refractivity contribution < 1.29 is 14.7 Å². The van der Waals surface area contributed by atoms with E-state index in [2.05, 4.69) is 31.9 Å². The van der Waals surface area contributed by atoms with Crippen molar-refractivity contribution in [3.63, 3.8) is 0 Å². The van der Waals surface area contributed by atoms with Crippen molar-refractivity contribution >= 4 is 43.6 Å². The van der Waals surface area contributed by atoms with Gasteiger partial charge in [-0.25, -0.2) is 0 Å². The first kappa shape index (κ1) is 13.4. The largest absolute Gasteiger partial charge is 0.481 e. The molecule has 0 aliphatic heterocycles. The Morgan fingerprint density at radius 2 is 2.00 bits per heavy atom. The maximum Gasteiger partial charge on any atom is 0.307 e. The number of alkyl halides is 1. The zero-order valence-electron chi connectivity index (χ0n) is 8.37. The Morgan fingerprint density at radius 3 is 2.56 bits per heavy atom. The Balaban J connectivity index is 2.98. The van der Waals surface area contributed by atoms with Gasteiger partial charge in [0, 0.05) is 21.8 Å². The van der Waals surface area contributed by atoms with Gasteiger partial charge in [0.1, 0.15) is 0 Å². The van der Waals surface area contributed by atoms with E-state index in [1.807, 2.05) is 0 Å². The smallest absolute Gasteiger partial charge is 0.307 e. The van der Waals surface area contributed by atoms with Crippen molar-refractivity contribution in [2.24, 2.45) is 0 Å². The van der Waals surface area contributed by atoms with Crippen LogP contribution in [-0.2, 0) is 11.2 Å². The molecule has 1 N–H and O–H groups in total. The Bertz CT molecular complexity index is 416. The average Bonchev–Trinajstić information content (AvgIpc) is 2.20. The molecule has 0 unspecified atom stereocenters. The van der Waals surface area contributed by atoms with Gasteiger partial charge in [-0.05, 0) is 17.7 Å². The van der Waals surface area contributed by atoms with Gasteiger partial charge < -0.3 is 5.11 Å². The minimum absolute atomic E-state index is 0.00371. The number of halogens is 2. The lowest BCUT2D eigenvalue weighted by Crippen LogP contribution is -2.05. The normalized spacial score (nSPS) is 10.1. The maximum atomic E-state index is 11.7. The Kier molecular flexibility index (Phi) is 5.15. The van der Waals surface area contributed by atoms with Gasteiger partial charge in [0.2, 0.25) is 0 Å². The molecule has 0 aromatic heterocycles. The first-order valence-electron chi connectivity index (χ1n) is 4.64. The minimum atomic E-state index is -0.902. The average molecular weight is 350 g/mol. The zero-order valence-corrected chi connectivity index (χ0v) is 11.5. The van der Waals surface area contributed by atoms with Gasteiger partial charge in [0.25, 0.3) is 0 Å². The van der Waals surface area contributed by atoms with Crippen LogP contribution in [0.1, 0.15) is 22.3 Å². The van der Waals surface area contributed by atoms with Gasteiger partial charge in [0.15, 0.2) is 5.78 Å². The van der Waals surface area contributed by atoms with Crippen LogP contribution in [0, 0.1) is 0 Å². The lowest BCUT2D eigenvalue weighted by atomic mass is 10.0. The number of ketones is 1. The van der Waals surface area contributed by atoms with Gasteiger partial charge >= 0.3 is 5.97 Å². The Labute approximate surface area is 110 Å². The second-order valence-corrected chi connectivity index (χ2v) is 4.89. The van der Waals surface area contributed by atoms with Crippen LogP contribution in [0.4, 0.5) is 0 Å². The standard InChI is InChI=1S/C11H10Br2O3/c12-4-3-10(14)8-5-7(6-11(15)16)1-2-9(8)13/h1-2,5H,3-4,6H2,(H,15,16). The molecule has 0 heterocycles. The Morgan fingerprint density at radius 1 is 1.31 bits per heavy atom. The van der Waals surface area contributed by atoms with E-state index in [0.717, 1.165) is 0 Å². The molecule has 0 saturated carbocycles. The predicted molar refractivity (Wildman–Crippen MR) is 68.2 cm³/mol. The summed E-state index contributed by atoms with van der Waals surface area (Å²) in [6.07, 6.45) is 0.330. The molecular weight excluding hydrogens is 340 g/mol. The van der Waals surface area contributed by atoms with E-state index in [1.165, 1.54) is 0 Å². The van der Waals surface area contributed by atoms with E-state index in [0.29, 0.717) is 27.4 Å². The molecule has 0 aliphatic rings. The fourth-order valence-corrected chi connectivity index (χ4v) is 2.12. The van der Waals surface area contributed by atoms with E-state index in [4.69, 9.17) is 5.11 Å². The molecule has 1 rings (SSSR count). The predicted octanol–water partition coefficient (Wildman–Crippen LogP) is 3.04. The van der Waals surface area contributed by atoms with E-state index in [9.17, 15) is 9.59 Å². The van der Waals surface area contributed by atoms with Crippen molar-refractivity contribution in [2.45, 2.75) is 12.8 Å². The van der Waals surface area contributed by atoms with Crippen molar-refractivity contribution in [3.05, 3.63) is 33.8 Å². The molecule has 1 aromatic rings. The molecule has 0 atom stereocenters. The molecule has 0 fully saturated rings. The van der Waals surface area contributed by atoms with E-state index < -0.39 is 5.97 Å². The number of Topliss-reactive ketones (excluding diaryl/α,β-unsaturated/α-hetero) is 1. The number of rotatable bonds is 5. The molecule has 0 saturated heterocycles. The number of aliphatic carboxylic acids is 1. The number of carbonyl (C=O) groups is 2. The number of carboxylic acid groups (broad SMARTS) is 1. The number of hydrogen-bond donors (Lipinski definition) is 1. The summed E-state index contributed by atoms with van der Waals surface area (Å²) in [7, 11) is 0. The number of hydrogen-bond acceptors (Lipinski definition) is 2. The molecule has 0 amide bonds. The van der Waals surface area contributed by atoms with Crippen molar-refractivity contribution in [2.75, 3.05) is 5.33 Å². The molecule has 0 aliphatic carbocycles. The van der Waals surface area contributed by atoms with Crippen LogP contribution in [0.25, 0.3) is 0 Å². The van der Waals surface area contributed by atoms with Crippen molar-refractivity contribution in [1.82, 2.24) is 0 Å². The third kappa shape index (κ3) is 3.72. The second-order valence-electron chi connectivity index (χ2n) is 3.25. The van der Waals surface area contributed by atoms with Crippen LogP contribution in [-0.4, -0.2) is 22.2 Å². The van der Waals surface area contributed by atoms with Gasteiger partial charge in [-0.15, -0.1) is 0 Å². The van der Waals surface area contributed by atoms with Crippen LogP contribution >= 0.6 is 31.9 Å². The third-order valence-corrected chi connectivity index (χ3v) is 3.10. The molecule has 1 aromatic carbocycles. The van der Waals surface area contributed by atoms with Crippen LogP contribution in [0.5, 0.6) is 0 Å². The number of carboxylic acids is 1. The number of benzene rings is 1. The summed E-state index contributed by atoms with van der Waals surface area (Å²) in [6.45, 7) is 0. The summed E-state index contributed by atoms with van der Waals surface area (Å²) in [5.41, 5.74) is 1.17. The fourth-order valence-electron chi connectivity index (χ4n) is 1.29. The highest BCUT2D eigenvalue weighted by Gasteiger charge is 2.11. The van der Waals surface area contributed by atoms with E-state index >= 15 is 0 Å². The van der Waals surface area contributed by atoms with Gasteiger partial charge in [-0.3, -0.25) is 9.59 Å². The minimum Gasteiger partial charge on any atom is -0.481 e. The van der Waals surface area contributed by atoms with Crippen LogP contribution in [0.2, 0.25) is 0 Å². The topological polar surface area (TPSA) is 54.4 Å². The van der Waals surface area contributed by atoms with E-state index in [1.54, 1.807) is 18.2 Å². The fraction of sp³-hybridized carbons (Fsp3) is 0.273. The van der Waals surface area contributed by atoms with E-state index in [-0.39, 0.29) is 12.2 Å². The lowest BCUT2D eigenvalue weighted by Gasteiger charge is -2.05. The molecular formula is C11H10Br2O3. The lowest BCUT2D eigenvalue weighted by molar-refractivity contribution is -0.136. The summed E-state index contributed by atoms with van der Waals surface area (Å²) in [6, 6.07) is 5.03. The number of carbonyl (C=O) groups excluding carboxylic acids is 1. The molecule has 3 nitrogen and oxygen atoms in total. The molecule has 0 radical (unpaired) electrons. The highest BCUT2D eigenvalue weighted by Crippen LogP contribution is 2.20. The maximum absolute atomic E-state index is 11.7. The summed E-state index contributed by atoms with van der Waals surface area (Å²) >= 11 is 6.48. The first-order chi connectivity index (χ1) is 7.54. The Hall–Kier alpha value is -0.680. The second kappa shape index (κ2) is 6.15. The summed E-state index contributed by atoms with van der Waals surface area (Å²) in [5, 5.41) is 9.26. The zero-order chi connectivity index (χ0) is 12.1. The molecule has 0 spiro atoms. The van der Waals surface area contributed by atoms with Crippen LogP contribution < -0.4 is 0 Å². The molecule has 5 heteroatoms. The van der Waals surface area contributed by atoms with Gasteiger partial charge in [-0.2, -0.15) is 0 Å². The molecule has 0 bridgehead atoms.